The highest BCUT2D eigenvalue weighted by Crippen LogP contribution is 2.52. The van der Waals surface area contributed by atoms with Gasteiger partial charge in [0.25, 0.3) is 0 Å². The number of aromatic nitrogens is 3. The molecule has 1 atom stereocenters. The minimum Gasteiger partial charge on any atom is -0.493 e. The number of para-hydroxylation sites is 1. The molecule has 1 unspecified atom stereocenters. The standard InChI is InChI=1S/C31H24Cl2N4O3/c1-39-25-12-7-16(13-26(25)40-2)27-28-23(10-11-24(28)38)35-31-29(27)30(19-15-34-22-6-4-3-5-18(19)22)36-37(31)17-8-9-20(32)21(33)14-17/h3-9,12-15,27,34-35H,10-11H2,1-2H3. The molecule has 5 aromatic rings. The second-order valence-electron chi connectivity index (χ2n) is 9.86. The van der Waals surface area contributed by atoms with E-state index < -0.39 is 0 Å². The van der Waals surface area contributed by atoms with Crippen molar-refractivity contribution in [3.05, 3.63) is 99.3 Å². The number of aromatic amines is 1. The Kier molecular flexibility index (Phi) is 5.87. The van der Waals surface area contributed by atoms with E-state index in [-0.39, 0.29) is 11.7 Å². The van der Waals surface area contributed by atoms with Gasteiger partial charge in [0, 0.05) is 51.8 Å². The Labute approximate surface area is 240 Å². The normalized spacial score (nSPS) is 16.2. The second kappa shape index (κ2) is 9.47. The number of Topliss-reactive ketones (excluding diaryl/α,β-unsaturated/α-hetero) is 1. The molecule has 40 heavy (non-hydrogen) atoms. The van der Waals surface area contributed by atoms with Crippen LogP contribution >= 0.6 is 23.2 Å². The monoisotopic (exact) mass is 570 g/mol. The van der Waals surface area contributed by atoms with E-state index >= 15 is 0 Å². The van der Waals surface area contributed by atoms with Gasteiger partial charge in [-0.05, 0) is 48.4 Å². The number of carbonyl (C=O) groups excluding carboxylic acids is 1. The van der Waals surface area contributed by atoms with Crippen LogP contribution in [0.15, 0.2) is 78.1 Å². The number of H-pyrrole nitrogens is 1. The third-order valence-electron chi connectivity index (χ3n) is 7.73. The maximum absolute atomic E-state index is 13.4. The summed E-state index contributed by atoms with van der Waals surface area (Å²) < 4.78 is 13.0. The zero-order valence-electron chi connectivity index (χ0n) is 21.7. The molecule has 0 amide bonds. The number of anilines is 1. The largest absolute Gasteiger partial charge is 0.493 e. The van der Waals surface area contributed by atoms with E-state index in [1.54, 1.807) is 26.4 Å². The predicted octanol–water partition coefficient (Wildman–Crippen LogP) is 7.52. The van der Waals surface area contributed by atoms with Crippen molar-refractivity contribution in [2.45, 2.75) is 18.8 Å². The molecular formula is C31H24Cl2N4O3. The first-order chi connectivity index (χ1) is 19.5. The maximum atomic E-state index is 13.4. The van der Waals surface area contributed by atoms with Gasteiger partial charge < -0.3 is 19.8 Å². The molecule has 3 aromatic carbocycles. The van der Waals surface area contributed by atoms with Gasteiger partial charge in [-0.1, -0.05) is 47.5 Å². The fourth-order valence-electron chi connectivity index (χ4n) is 5.89. The number of nitrogens with zero attached hydrogens (tertiary/aromatic N) is 2. The molecule has 0 saturated heterocycles. The van der Waals surface area contributed by atoms with E-state index in [1.807, 2.05) is 53.3 Å². The molecule has 0 bridgehead atoms. The third kappa shape index (κ3) is 3.73. The molecule has 1 aliphatic carbocycles. The van der Waals surface area contributed by atoms with Crippen molar-refractivity contribution in [1.82, 2.24) is 14.8 Å². The zero-order valence-corrected chi connectivity index (χ0v) is 23.2. The fraction of sp³-hybridized carbons (Fsp3) is 0.161. The average Bonchev–Trinajstić information content (AvgIpc) is 3.68. The summed E-state index contributed by atoms with van der Waals surface area (Å²) in [6.45, 7) is 0. The van der Waals surface area contributed by atoms with Gasteiger partial charge in [0.1, 0.15) is 11.5 Å². The Hall–Kier alpha value is -4.20. The Morgan fingerprint density at radius 3 is 2.58 bits per heavy atom. The van der Waals surface area contributed by atoms with Crippen LogP contribution in [0.2, 0.25) is 10.0 Å². The minimum absolute atomic E-state index is 0.125. The van der Waals surface area contributed by atoms with E-state index in [0.29, 0.717) is 34.4 Å². The van der Waals surface area contributed by atoms with Gasteiger partial charge in [0.15, 0.2) is 17.3 Å². The topological polar surface area (TPSA) is 81.2 Å². The van der Waals surface area contributed by atoms with Crippen molar-refractivity contribution in [3.8, 4) is 28.4 Å². The molecule has 2 aromatic heterocycles. The number of ether oxygens (including phenoxy) is 2. The SMILES string of the molecule is COc1ccc(C2C3=C(CCC3=O)Nc3c2c(-c2c[nH]c4ccccc24)nn3-c2ccc(Cl)c(Cl)c2)cc1OC. The molecule has 7 rings (SSSR count). The van der Waals surface area contributed by atoms with E-state index in [1.165, 1.54) is 0 Å². The number of benzene rings is 3. The highest BCUT2D eigenvalue weighted by atomic mass is 35.5. The van der Waals surface area contributed by atoms with Crippen molar-refractivity contribution in [1.29, 1.82) is 0 Å². The molecule has 0 saturated carbocycles. The quantitative estimate of drug-likeness (QED) is 0.228. The number of allylic oxidation sites excluding steroid dienone is 2. The predicted molar refractivity (Wildman–Crippen MR) is 157 cm³/mol. The van der Waals surface area contributed by atoms with Crippen molar-refractivity contribution >= 4 is 45.7 Å². The van der Waals surface area contributed by atoms with Gasteiger partial charge in [-0.25, -0.2) is 4.68 Å². The van der Waals surface area contributed by atoms with Crippen LogP contribution in [0, 0.1) is 0 Å². The third-order valence-corrected chi connectivity index (χ3v) is 8.47. The number of hydrogen-bond acceptors (Lipinski definition) is 5. The van der Waals surface area contributed by atoms with Crippen molar-refractivity contribution < 1.29 is 14.3 Å². The number of ketones is 1. The summed E-state index contributed by atoms with van der Waals surface area (Å²) >= 11 is 12.7. The Balaban J connectivity index is 1.55. The number of halogens is 2. The van der Waals surface area contributed by atoms with Crippen LogP contribution in [0.1, 0.15) is 29.9 Å². The summed E-state index contributed by atoms with van der Waals surface area (Å²) in [5, 5.41) is 10.7. The first-order valence-electron chi connectivity index (χ1n) is 12.9. The van der Waals surface area contributed by atoms with Gasteiger partial charge in [-0.2, -0.15) is 5.10 Å². The molecule has 0 fully saturated rings. The summed E-state index contributed by atoms with van der Waals surface area (Å²) in [7, 11) is 3.22. The maximum Gasteiger partial charge on any atom is 0.161 e. The Bertz CT molecular complexity index is 1870. The molecule has 0 spiro atoms. The number of methoxy groups -OCH3 is 2. The van der Waals surface area contributed by atoms with Gasteiger partial charge >= 0.3 is 0 Å². The van der Waals surface area contributed by atoms with Crippen LogP contribution in [-0.4, -0.2) is 34.8 Å². The van der Waals surface area contributed by atoms with Gasteiger partial charge in [-0.3, -0.25) is 4.79 Å². The number of fused-ring (bicyclic) bond motifs is 2. The molecule has 3 heterocycles. The van der Waals surface area contributed by atoms with Crippen molar-refractivity contribution in [2.24, 2.45) is 0 Å². The summed E-state index contributed by atoms with van der Waals surface area (Å²) in [5.74, 6) is 1.75. The molecule has 200 valence electrons. The van der Waals surface area contributed by atoms with Crippen LogP contribution in [0.3, 0.4) is 0 Å². The first kappa shape index (κ1) is 24.8. The summed E-state index contributed by atoms with van der Waals surface area (Å²) in [6.07, 6.45) is 3.05. The fourth-order valence-corrected chi connectivity index (χ4v) is 6.18. The second-order valence-corrected chi connectivity index (χ2v) is 10.7. The van der Waals surface area contributed by atoms with Crippen LogP contribution in [-0.2, 0) is 4.79 Å². The van der Waals surface area contributed by atoms with Gasteiger partial charge in [-0.15, -0.1) is 0 Å². The smallest absolute Gasteiger partial charge is 0.161 e. The zero-order chi connectivity index (χ0) is 27.5. The number of nitrogens with one attached hydrogen (secondary N) is 2. The molecule has 9 heteroatoms. The van der Waals surface area contributed by atoms with Crippen LogP contribution < -0.4 is 14.8 Å². The van der Waals surface area contributed by atoms with Crippen LogP contribution in [0.25, 0.3) is 27.8 Å². The van der Waals surface area contributed by atoms with Crippen molar-refractivity contribution in [2.75, 3.05) is 19.5 Å². The molecule has 2 aliphatic rings. The van der Waals surface area contributed by atoms with Crippen LogP contribution in [0.4, 0.5) is 5.82 Å². The minimum atomic E-state index is -0.374. The highest BCUT2D eigenvalue weighted by molar-refractivity contribution is 6.42. The van der Waals surface area contributed by atoms with Crippen LogP contribution in [0.5, 0.6) is 11.5 Å². The lowest BCUT2D eigenvalue weighted by molar-refractivity contribution is -0.115. The Morgan fingerprint density at radius 1 is 0.950 bits per heavy atom. The highest BCUT2D eigenvalue weighted by Gasteiger charge is 2.41. The summed E-state index contributed by atoms with van der Waals surface area (Å²) in [6, 6.07) is 19.4. The number of carbonyl (C=O) groups is 1. The molecule has 7 nitrogen and oxygen atoms in total. The average molecular weight is 571 g/mol. The van der Waals surface area contributed by atoms with E-state index in [4.69, 9.17) is 37.8 Å². The van der Waals surface area contributed by atoms with E-state index in [9.17, 15) is 4.79 Å². The molecule has 2 N–H and O–H groups in total. The molecule has 0 radical (unpaired) electrons. The van der Waals surface area contributed by atoms with Gasteiger partial charge in [0.2, 0.25) is 0 Å². The van der Waals surface area contributed by atoms with Gasteiger partial charge in [0.05, 0.1) is 30.0 Å². The lowest BCUT2D eigenvalue weighted by Crippen LogP contribution is -2.20. The van der Waals surface area contributed by atoms with E-state index in [0.717, 1.165) is 56.1 Å². The number of hydrogen-bond donors (Lipinski definition) is 2. The molecular weight excluding hydrogens is 547 g/mol. The summed E-state index contributed by atoms with van der Waals surface area (Å²) in [5.41, 5.74) is 6.93. The lowest BCUT2D eigenvalue weighted by Gasteiger charge is -2.28. The molecule has 1 aliphatic heterocycles. The number of rotatable bonds is 5. The first-order valence-corrected chi connectivity index (χ1v) is 13.6. The lowest BCUT2D eigenvalue weighted by atomic mass is 9.80. The summed E-state index contributed by atoms with van der Waals surface area (Å²) in [4.78, 5) is 16.8. The van der Waals surface area contributed by atoms with Crippen molar-refractivity contribution in [3.63, 3.8) is 0 Å². The Morgan fingerprint density at radius 2 is 1.77 bits per heavy atom. The van der Waals surface area contributed by atoms with E-state index in [2.05, 4.69) is 16.4 Å².